The fraction of sp³-hybridized carbons (Fsp3) is 0.481. The van der Waals surface area contributed by atoms with Crippen LogP contribution in [0.25, 0.3) is 0 Å². The maximum absolute atomic E-state index is 13.3. The fourth-order valence-electron chi connectivity index (χ4n) is 3.69. The molecule has 0 saturated heterocycles. The number of ether oxygens (including phenoxy) is 1. The van der Waals surface area contributed by atoms with Gasteiger partial charge in [0.15, 0.2) is 6.61 Å². The van der Waals surface area contributed by atoms with Gasteiger partial charge in [-0.1, -0.05) is 56.2 Å². The molecule has 0 saturated carbocycles. The van der Waals surface area contributed by atoms with Crippen LogP contribution in [-0.2, 0) is 16.1 Å². The molecule has 2 aromatic rings. The quantitative estimate of drug-likeness (QED) is 0.501. The first-order valence-corrected chi connectivity index (χ1v) is 11.6. The van der Waals surface area contributed by atoms with Crippen molar-refractivity contribution in [2.75, 3.05) is 13.2 Å². The van der Waals surface area contributed by atoms with E-state index < -0.39 is 6.04 Å². The Morgan fingerprint density at radius 1 is 1.00 bits per heavy atom. The van der Waals surface area contributed by atoms with Crippen molar-refractivity contribution in [3.05, 3.63) is 64.2 Å². The summed E-state index contributed by atoms with van der Waals surface area (Å²) in [6, 6.07) is 11.6. The Bertz CT molecular complexity index is 906. The van der Waals surface area contributed by atoms with Gasteiger partial charge in [-0.3, -0.25) is 9.59 Å². The van der Waals surface area contributed by atoms with Gasteiger partial charge in [0.05, 0.1) is 0 Å². The molecule has 0 unspecified atom stereocenters. The van der Waals surface area contributed by atoms with Crippen molar-refractivity contribution in [2.24, 2.45) is 0 Å². The predicted octanol–water partition coefficient (Wildman–Crippen LogP) is 5.02. The fourth-order valence-corrected chi connectivity index (χ4v) is 3.69. The van der Waals surface area contributed by atoms with E-state index in [1.54, 1.807) is 4.90 Å². The molecule has 0 aliphatic carbocycles. The van der Waals surface area contributed by atoms with Crippen LogP contribution >= 0.6 is 0 Å². The summed E-state index contributed by atoms with van der Waals surface area (Å²) in [6.45, 7) is 13.0. The number of carbonyl (C=O) groups is 2. The van der Waals surface area contributed by atoms with E-state index in [-0.39, 0.29) is 18.4 Å². The molecule has 5 nitrogen and oxygen atoms in total. The zero-order chi connectivity index (χ0) is 23.7. The zero-order valence-electron chi connectivity index (χ0n) is 20.5. The Hall–Kier alpha value is -2.82. The average Bonchev–Trinajstić information content (AvgIpc) is 2.76. The van der Waals surface area contributed by atoms with Crippen LogP contribution in [0.5, 0.6) is 5.75 Å². The van der Waals surface area contributed by atoms with E-state index in [9.17, 15) is 9.59 Å². The molecule has 0 fully saturated rings. The number of carbonyl (C=O) groups excluding carboxylic acids is 2. The first kappa shape index (κ1) is 25.4. The smallest absolute Gasteiger partial charge is 0.261 e. The molecule has 174 valence electrons. The van der Waals surface area contributed by atoms with E-state index in [0.717, 1.165) is 40.7 Å². The minimum absolute atomic E-state index is 0.103. The number of benzene rings is 2. The molecule has 0 radical (unpaired) electrons. The molecule has 2 rings (SSSR count). The lowest BCUT2D eigenvalue weighted by Gasteiger charge is -2.30. The molecule has 0 aliphatic rings. The summed E-state index contributed by atoms with van der Waals surface area (Å²) in [5, 5.41) is 2.99. The van der Waals surface area contributed by atoms with Gasteiger partial charge in [-0.05, 0) is 68.9 Å². The summed E-state index contributed by atoms with van der Waals surface area (Å²) in [4.78, 5) is 27.9. The standard InChI is InChI=1S/C27H38N2O3/c1-7-9-14-28-27(31)24(8-2)29(17-23-12-10-19(3)11-13-23)26(30)18-32-25-16-20(4)15-21(5)22(25)6/h10-13,15-16,24H,7-9,14,17-18H2,1-6H3,(H,28,31)/t24-/m1/s1. The van der Waals surface area contributed by atoms with Gasteiger partial charge in [-0.2, -0.15) is 0 Å². The molecular formula is C27H38N2O3. The highest BCUT2D eigenvalue weighted by Gasteiger charge is 2.29. The van der Waals surface area contributed by atoms with Gasteiger partial charge < -0.3 is 15.0 Å². The van der Waals surface area contributed by atoms with Gasteiger partial charge in [0.2, 0.25) is 5.91 Å². The van der Waals surface area contributed by atoms with Gasteiger partial charge in [0.1, 0.15) is 11.8 Å². The third-order valence-electron chi connectivity index (χ3n) is 5.80. The molecule has 5 heteroatoms. The van der Waals surface area contributed by atoms with Crippen molar-refractivity contribution in [1.29, 1.82) is 0 Å². The van der Waals surface area contributed by atoms with Gasteiger partial charge in [-0.15, -0.1) is 0 Å². The number of nitrogens with one attached hydrogen (secondary N) is 1. The van der Waals surface area contributed by atoms with Crippen LogP contribution in [0.2, 0.25) is 0 Å². The molecule has 2 amide bonds. The summed E-state index contributed by atoms with van der Waals surface area (Å²) in [5.74, 6) is 0.414. The van der Waals surface area contributed by atoms with E-state index >= 15 is 0 Å². The summed E-state index contributed by atoms with van der Waals surface area (Å²) in [6.07, 6.45) is 2.47. The molecule has 1 N–H and O–H groups in total. The van der Waals surface area contributed by atoms with Crippen molar-refractivity contribution in [2.45, 2.75) is 73.4 Å². The number of hydrogen-bond donors (Lipinski definition) is 1. The lowest BCUT2D eigenvalue weighted by molar-refractivity contribution is -0.143. The average molecular weight is 439 g/mol. The Balaban J connectivity index is 2.22. The predicted molar refractivity (Wildman–Crippen MR) is 130 cm³/mol. The molecule has 2 aromatic carbocycles. The first-order chi connectivity index (χ1) is 15.3. The van der Waals surface area contributed by atoms with Crippen molar-refractivity contribution in [1.82, 2.24) is 10.2 Å². The number of aryl methyl sites for hydroxylation is 3. The number of nitrogens with zero attached hydrogens (tertiary/aromatic N) is 1. The highest BCUT2D eigenvalue weighted by atomic mass is 16.5. The number of unbranched alkanes of at least 4 members (excludes halogenated alkanes) is 1. The van der Waals surface area contributed by atoms with Crippen LogP contribution in [0, 0.1) is 27.7 Å². The third kappa shape index (κ3) is 7.11. The van der Waals surface area contributed by atoms with Gasteiger partial charge >= 0.3 is 0 Å². The second-order valence-corrected chi connectivity index (χ2v) is 8.57. The summed E-state index contributed by atoms with van der Waals surface area (Å²) in [7, 11) is 0. The zero-order valence-corrected chi connectivity index (χ0v) is 20.5. The van der Waals surface area contributed by atoms with Crippen LogP contribution in [-0.4, -0.2) is 35.9 Å². The Kier molecular flexibility index (Phi) is 9.76. The SMILES string of the molecule is CCCCNC(=O)[C@@H](CC)N(Cc1ccc(C)cc1)C(=O)COc1cc(C)cc(C)c1C. The van der Waals surface area contributed by atoms with Crippen LogP contribution < -0.4 is 10.1 Å². The van der Waals surface area contributed by atoms with E-state index in [1.807, 2.05) is 65.0 Å². The second-order valence-electron chi connectivity index (χ2n) is 8.57. The van der Waals surface area contributed by atoms with E-state index in [1.165, 1.54) is 0 Å². The normalized spacial score (nSPS) is 11.7. The van der Waals surface area contributed by atoms with Crippen molar-refractivity contribution < 1.29 is 14.3 Å². The molecule has 0 aromatic heterocycles. The molecular weight excluding hydrogens is 400 g/mol. The van der Waals surface area contributed by atoms with Crippen molar-refractivity contribution in [3.63, 3.8) is 0 Å². The summed E-state index contributed by atoms with van der Waals surface area (Å²) < 4.78 is 5.95. The topological polar surface area (TPSA) is 58.6 Å². The van der Waals surface area contributed by atoms with Gasteiger partial charge in [-0.25, -0.2) is 0 Å². The molecule has 0 aliphatic heterocycles. The van der Waals surface area contributed by atoms with Crippen molar-refractivity contribution in [3.8, 4) is 5.75 Å². The molecule has 32 heavy (non-hydrogen) atoms. The summed E-state index contributed by atoms with van der Waals surface area (Å²) in [5.41, 5.74) is 5.40. The number of hydrogen-bond acceptors (Lipinski definition) is 3. The Morgan fingerprint density at radius 2 is 1.69 bits per heavy atom. The molecule has 0 heterocycles. The lowest BCUT2D eigenvalue weighted by Crippen LogP contribution is -2.50. The minimum atomic E-state index is -0.537. The highest BCUT2D eigenvalue weighted by Crippen LogP contribution is 2.23. The maximum Gasteiger partial charge on any atom is 0.261 e. The Morgan fingerprint density at radius 3 is 2.31 bits per heavy atom. The number of rotatable bonds is 11. The largest absolute Gasteiger partial charge is 0.483 e. The Labute approximate surface area is 193 Å². The number of amides is 2. The van der Waals surface area contributed by atoms with Crippen molar-refractivity contribution >= 4 is 11.8 Å². The van der Waals surface area contributed by atoms with Crippen LogP contribution in [0.1, 0.15) is 60.9 Å². The second kappa shape index (κ2) is 12.3. The van der Waals surface area contributed by atoms with E-state index in [0.29, 0.717) is 25.3 Å². The molecule has 0 bridgehead atoms. The minimum Gasteiger partial charge on any atom is -0.483 e. The van der Waals surface area contributed by atoms with Gasteiger partial charge in [0, 0.05) is 13.1 Å². The van der Waals surface area contributed by atoms with E-state index in [2.05, 4.69) is 18.3 Å². The van der Waals surface area contributed by atoms with Crippen LogP contribution in [0.3, 0.4) is 0 Å². The summed E-state index contributed by atoms with van der Waals surface area (Å²) >= 11 is 0. The third-order valence-corrected chi connectivity index (χ3v) is 5.80. The van der Waals surface area contributed by atoms with Gasteiger partial charge in [0.25, 0.3) is 5.91 Å². The lowest BCUT2D eigenvalue weighted by atomic mass is 10.1. The van der Waals surface area contributed by atoms with E-state index in [4.69, 9.17) is 4.74 Å². The first-order valence-electron chi connectivity index (χ1n) is 11.6. The monoisotopic (exact) mass is 438 g/mol. The highest BCUT2D eigenvalue weighted by molar-refractivity contribution is 5.88. The van der Waals surface area contributed by atoms with Crippen LogP contribution in [0.4, 0.5) is 0 Å². The maximum atomic E-state index is 13.3. The molecule has 1 atom stereocenters. The molecule has 0 spiro atoms. The van der Waals surface area contributed by atoms with Crippen LogP contribution in [0.15, 0.2) is 36.4 Å².